The number of hydrogen-bond donors (Lipinski definition) is 0. The van der Waals surface area contributed by atoms with E-state index in [1.54, 1.807) is 6.07 Å². The third-order valence-electron chi connectivity index (χ3n) is 6.59. The molecule has 0 unspecified atom stereocenters. The van der Waals surface area contributed by atoms with Gasteiger partial charge in [0.2, 0.25) is 0 Å². The van der Waals surface area contributed by atoms with Crippen molar-refractivity contribution in [2.24, 2.45) is 17.8 Å². The van der Waals surface area contributed by atoms with Crippen molar-refractivity contribution in [1.82, 2.24) is 0 Å². The Labute approximate surface area is 148 Å². The van der Waals surface area contributed by atoms with Gasteiger partial charge in [0.05, 0.1) is 13.2 Å². The van der Waals surface area contributed by atoms with Crippen LogP contribution in [0.4, 0.5) is 8.78 Å². The zero-order chi connectivity index (χ0) is 17.2. The van der Waals surface area contributed by atoms with Gasteiger partial charge in [-0.05, 0) is 55.2 Å². The molecule has 0 radical (unpaired) electrons. The monoisotopic (exact) mass is 350 g/mol. The fraction of sp³-hybridized carbons (Fsp3) is 0.714. The first-order chi connectivity index (χ1) is 12.2. The summed E-state index contributed by atoms with van der Waals surface area (Å²) < 4.78 is 38.7. The standard InChI is InChI=1S/C21H28F2O2/c22-19-10-9-17(11-20(19)23)15-5-7-16(8-6-15)21-24-12-18(13-25-21)14-3-1-2-4-14/h9-11,14-16,18,21H,1-8,12-13H2. The van der Waals surface area contributed by atoms with Crippen LogP contribution in [0.1, 0.15) is 62.8 Å². The van der Waals surface area contributed by atoms with Crippen LogP contribution in [0.15, 0.2) is 18.2 Å². The molecular formula is C21H28F2O2. The molecule has 1 heterocycles. The third-order valence-corrected chi connectivity index (χ3v) is 6.59. The van der Waals surface area contributed by atoms with Gasteiger partial charge in [-0.2, -0.15) is 0 Å². The van der Waals surface area contributed by atoms with Crippen molar-refractivity contribution in [3.63, 3.8) is 0 Å². The Hall–Kier alpha value is -1.00. The third kappa shape index (κ3) is 3.90. The molecule has 0 spiro atoms. The first-order valence-electron chi connectivity index (χ1n) is 9.89. The molecule has 1 aliphatic heterocycles. The summed E-state index contributed by atoms with van der Waals surface area (Å²) in [6, 6.07) is 4.33. The molecular weight excluding hydrogens is 322 g/mol. The van der Waals surface area contributed by atoms with Gasteiger partial charge in [-0.25, -0.2) is 8.78 Å². The van der Waals surface area contributed by atoms with Crippen molar-refractivity contribution >= 4 is 0 Å². The van der Waals surface area contributed by atoms with Gasteiger partial charge in [0.15, 0.2) is 17.9 Å². The quantitative estimate of drug-likeness (QED) is 0.725. The summed E-state index contributed by atoms with van der Waals surface area (Å²) in [5.41, 5.74) is 0.920. The second kappa shape index (κ2) is 7.71. The highest BCUT2D eigenvalue weighted by molar-refractivity contribution is 5.22. The van der Waals surface area contributed by atoms with Gasteiger partial charge in [0.25, 0.3) is 0 Å². The normalized spacial score (nSPS) is 34.3. The van der Waals surface area contributed by atoms with E-state index in [9.17, 15) is 8.78 Å². The van der Waals surface area contributed by atoms with Gasteiger partial charge in [-0.15, -0.1) is 0 Å². The highest BCUT2D eigenvalue weighted by atomic mass is 19.2. The van der Waals surface area contributed by atoms with E-state index in [1.807, 2.05) is 0 Å². The summed E-state index contributed by atoms with van der Waals surface area (Å²) in [5.74, 6) is 0.629. The van der Waals surface area contributed by atoms with Crippen molar-refractivity contribution in [3.8, 4) is 0 Å². The Morgan fingerprint density at radius 3 is 2.04 bits per heavy atom. The summed E-state index contributed by atoms with van der Waals surface area (Å²) in [4.78, 5) is 0. The molecule has 3 aliphatic rings. The van der Waals surface area contributed by atoms with Gasteiger partial charge < -0.3 is 9.47 Å². The van der Waals surface area contributed by atoms with Crippen molar-refractivity contribution in [1.29, 1.82) is 0 Å². The molecule has 3 fully saturated rings. The van der Waals surface area contributed by atoms with Gasteiger partial charge in [-0.1, -0.05) is 31.7 Å². The molecule has 0 atom stereocenters. The van der Waals surface area contributed by atoms with Crippen LogP contribution in [0.5, 0.6) is 0 Å². The number of halogens is 2. The lowest BCUT2D eigenvalue weighted by atomic mass is 9.78. The Balaban J connectivity index is 1.27. The molecule has 2 aliphatic carbocycles. The van der Waals surface area contributed by atoms with E-state index in [-0.39, 0.29) is 6.29 Å². The van der Waals surface area contributed by atoms with Crippen LogP contribution in [-0.2, 0) is 9.47 Å². The predicted octanol–water partition coefficient (Wildman–Crippen LogP) is 5.42. The Morgan fingerprint density at radius 1 is 0.720 bits per heavy atom. The average Bonchev–Trinajstić information content (AvgIpc) is 3.19. The van der Waals surface area contributed by atoms with Crippen LogP contribution in [-0.4, -0.2) is 19.5 Å². The lowest BCUT2D eigenvalue weighted by Crippen LogP contribution is -2.40. The van der Waals surface area contributed by atoms with E-state index in [1.165, 1.54) is 37.8 Å². The van der Waals surface area contributed by atoms with E-state index in [0.29, 0.717) is 17.8 Å². The Morgan fingerprint density at radius 2 is 1.40 bits per heavy atom. The number of hydrogen-bond acceptors (Lipinski definition) is 2. The fourth-order valence-electron chi connectivity index (χ4n) is 5.00. The van der Waals surface area contributed by atoms with Crippen molar-refractivity contribution in [3.05, 3.63) is 35.4 Å². The highest BCUT2D eigenvalue weighted by Crippen LogP contribution is 2.40. The van der Waals surface area contributed by atoms with Crippen molar-refractivity contribution in [2.75, 3.05) is 13.2 Å². The van der Waals surface area contributed by atoms with E-state index in [2.05, 4.69) is 0 Å². The van der Waals surface area contributed by atoms with Crippen LogP contribution >= 0.6 is 0 Å². The molecule has 1 aromatic carbocycles. The van der Waals surface area contributed by atoms with E-state index in [4.69, 9.17) is 9.47 Å². The van der Waals surface area contributed by atoms with Crippen LogP contribution < -0.4 is 0 Å². The van der Waals surface area contributed by atoms with E-state index in [0.717, 1.165) is 50.4 Å². The van der Waals surface area contributed by atoms with Crippen LogP contribution in [0.3, 0.4) is 0 Å². The number of rotatable bonds is 3. The Bertz CT molecular complexity index is 569. The molecule has 138 valence electrons. The molecule has 0 bridgehead atoms. The first kappa shape index (κ1) is 17.4. The Kier molecular flexibility index (Phi) is 5.37. The SMILES string of the molecule is Fc1ccc(C2CCC(C3OCC(C4CCCC4)CO3)CC2)cc1F. The second-order valence-corrected chi connectivity index (χ2v) is 8.12. The lowest BCUT2D eigenvalue weighted by Gasteiger charge is -2.39. The smallest absolute Gasteiger partial charge is 0.160 e. The molecule has 0 amide bonds. The maximum atomic E-state index is 13.5. The fourth-order valence-corrected chi connectivity index (χ4v) is 5.00. The molecule has 0 aromatic heterocycles. The van der Waals surface area contributed by atoms with Crippen molar-refractivity contribution < 1.29 is 18.3 Å². The zero-order valence-corrected chi connectivity index (χ0v) is 14.8. The maximum Gasteiger partial charge on any atom is 0.160 e. The van der Waals surface area contributed by atoms with Gasteiger partial charge in [0, 0.05) is 11.8 Å². The molecule has 1 aromatic rings. The molecule has 0 N–H and O–H groups in total. The van der Waals surface area contributed by atoms with Gasteiger partial charge >= 0.3 is 0 Å². The summed E-state index contributed by atoms with van der Waals surface area (Å²) >= 11 is 0. The first-order valence-corrected chi connectivity index (χ1v) is 9.89. The van der Waals surface area contributed by atoms with E-state index >= 15 is 0 Å². The van der Waals surface area contributed by atoms with Gasteiger partial charge in [0.1, 0.15) is 0 Å². The molecule has 2 saturated carbocycles. The summed E-state index contributed by atoms with van der Waals surface area (Å²) in [5, 5.41) is 0. The largest absolute Gasteiger partial charge is 0.352 e. The molecule has 4 rings (SSSR count). The average molecular weight is 350 g/mol. The topological polar surface area (TPSA) is 18.5 Å². The summed E-state index contributed by atoms with van der Waals surface area (Å²) in [7, 11) is 0. The molecule has 1 saturated heterocycles. The minimum atomic E-state index is -0.766. The lowest BCUT2D eigenvalue weighted by molar-refractivity contribution is -0.234. The van der Waals surface area contributed by atoms with E-state index < -0.39 is 11.6 Å². The zero-order valence-electron chi connectivity index (χ0n) is 14.8. The van der Waals surface area contributed by atoms with Crippen molar-refractivity contribution in [2.45, 2.75) is 63.6 Å². The minimum absolute atomic E-state index is 0.0662. The van der Waals surface area contributed by atoms with Gasteiger partial charge in [-0.3, -0.25) is 0 Å². The molecule has 25 heavy (non-hydrogen) atoms. The molecule has 2 nitrogen and oxygen atoms in total. The van der Waals surface area contributed by atoms with Crippen LogP contribution in [0.2, 0.25) is 0 Å². The molecule has 4 heteroatoms. The predicted molar refractivity (Wildman–Crippen MR) is 92.2 cm³/mol. The van der Waals surface area contributed by atoms with Crippen LogP contribution in [0.25, 0.3) is 0 Å². The second-order valence-electron chi connectivity index (χ2n) is 8.12. The minimum Gasteiger partial charge on any atom is -0.352 e. The number of benzene rings is 1. The summed E-state index contributed by atoms with van der Waals surface area (Å²) in [6.45, 7) is 1.69. The highest BCUT2D eigenvalue weighted by Gasteiger charge is 2.35. The van der Waals surface area contributed by atoms with Crippen LogP contribution in [0, 0.1) is 29.4 Å². The maximum absolute atomic E-state index is 13.5. The number of ether oxygens (including phenoxy) is 2. The summed E-state index contributed by atoms with van der Waals surface area (Å²) in [6.07, 6.45) is 9.37.